The molecule has 2 rings (SSSR count). The molecule has 0 saturated carbocycles. The summed E-state index contributed by atoms with van der Waals surface area (Å²) in [5.74, 6) is 0. The molecule has 0 bridgehead atoms. The number of sulfonamides is 1. The summed E-state index contributed by atoms with van der Waals surface area (Å²) in [6, 6.07) is 5.08. The minimum Gasteiger partial charge on any atom is -0.304 e. The van der Waals surface area contributed by atoms with Gasteiger partial charge in [0.25, 0.3) is 0 Å². The second-order valence-corrected chi connectivity index (χ2v) is 8.43. The lowest BCUT2D eigenvalue weighted by Gasteiger charge is -2.32. The highest BCUT2D eigenvalue weighted by molar-refractivity contribution is 9.10. The van der Waals surface area contributed by atoms with Crippen molar-refractivity contribution in [3.8, 4) is 0 Å². The van der Waals surface area contributed by atoms with Crippen LogP contribution in [0.5, 0.6) is 0 Å². The lowest BCUT2D eigenvalue weighted by molar-refractivity contribution is 0.153. The van der Waals surface area contributed by atoms with Crippen molar-refractivity contribution in [2.45, 2.75) is 18.2 Å². The van der Waals surface area contributed by atoms with Gasteiger partial charge in [0.05, 0.1) is 4.90 Å². The van der Waals surface area contributed by atoms with Gasteiger partial charge in [0.2, 0.25) is 10.0 Å². The van der Waals surface area contributed by atoms with Crippen molar-refractivity contribution < 1.29 is 8.42 Å². The van der Waals surface area contributed by atoms with Gasteiger partial charge in [-0.15, -0.1) is 0 Å². The molecule has 1 aliphatic rings. The largest absolute Gasteiger partial charge is 0.304 e. The zero-order chi connectivity index (χ0) is 16.2. The van der Waals surface area contributed by atoms with Crippen LogP contribution >= 0.6 is 15.9 Å². The standard InChI is InChI=1S/C15H24BrN3O2S/c1-13-12-14(4-5-15(13)16)22(20,21)17-6-3-7-19-10-8-18(2)9-11-19/h4-5,12,17H,3,6-11H2,1-2H3. The average Bonchev–Trinajstić information content (AvgIpc) is 2.48. The van der Waals surface area contributed by atoms with E-state index in [-0.39, 0.29) is 0 Å². The van der Waals surface area contributed by atoms with Crippen molar-refractivity contribution in [1.82, 2.24) is 14.5 Å². The molecule has 7 heteroatoms. The van der Waals surface area contributed by atoms with Gasteiger partial charge in [0, 0.05) is 37.2 Å². The van der Waals surface area contributed by atoms with Gasteiger partial charge in [-0.3, -0.25) is 0 Å². The summed E-state index contributed by atoms with van der Waals surface area (Å²) < 4.78 is 28.1. The van der Waals surface area contributed by atoms with E-state index in [2.05, 4.69) is 37.5 Å². The molecule has 1 aliphatic heterocycles. The van der Waals surface area contributed by atoms with Gasteiger partial charge < -0.3 is 9.80 Å². The third-order valence-electron chi connectivity index (χ3n) is 3.98. The molecule has 0 aromatic heterocycles. The molecule has 5 nitrogen and oxygen atoms in total. The van der Waals surface area contributed by atoms with E-state index in [1.54, 1.807) is 18.2 Å². The Hall–Kier alpha value is -0.470. The van der Waals surface area contributed by atoms with Crippen LogP contribution in [0.15, 0.2) is 27.6 Å². The predicted octanol–water partition coefficient (Wildman–Crippen LogP) is 1.67. The average molecular weight is 390 g/mol. The molecular weight excluding hydrogens is 366 g/mol. The minimum absolute atomic E-state index is 0.327. The van der Waals surface area contributed by atoms with Gasteiger partial charge in [0.15, 0.2) is 0 Å². The van der Waals surface area contributed by atoms with E-state index in [0.29, 0.717) is 11.4 Å². The number of aryl methyl sites for hydroxylation is 1. The minimum atomic E-state index is -3.41. The number of nitrogens with zero attached hydrogens (tertiary/aromatic N) is 2. The molecule has 1 aromatic carbocycles. The monoisotopic (exact) mass is 389 g/mol. The molecule has 0 atom stereocenters. The van der Waals surface area contributed by atoms with Crippen LogP contribution in [-0.2, 0) is 10.0 Å². The molecule has 0 spiro atoms. The highest BCUT2D eigenvalue weighted by Crippen LogP contribution is 2.19. The van der Waals surface area contributed by atoms with Crippen molar-refractivity contribution in [2.75, 3.05) is 46.3 Å². The Balaban J connectivity index is 1.79. The van der Waals surface area contributed by atoms with E-state index >= 15 is 0 Å². The first-order chi connectivity index (χ1) is 10.4. The number of nitrogens with one attached hydrogen (secondary N) is 1. The summed E-state index contributed by atoms with van der Waals surface area (Å²) >= 11 is 3.38. The number of benzene rings is 1. The van der Waals surface area contributed by atoms with Gasteiger partial charge in [0.1, 0.15) is 0 Å². The maximum absolute atomic E-state index is 12.2. The molecule has 124 valence electrons. The first kappa shape index (κ1) is 17.9. The van der Waals surface area contributed by atoms with Gasteiger partial charge in [-0.2, -0.15) is 0 Å². The summed E-state index contributed by atoms with van der Waals surface area (Å²) in [7, 11) is -1.28. The smallest absolute Gasteiger partial charge is 0.240 e. The van der Waals surface area contributed by atoms with Gasteiger partial charge in [-0.25, -0.2) is 13.1 Å². The molecular formula is C15H24BrN3O2S. The van der Waals surface area contributed by atoms with Gasteiger partial charge >= 0.3 is 0 Å². The van der Waals surface area contributed by atoms with Crippen molar-refractivity contribution in [2.24, 2.45) is 0 Å². The van der Waals surface area contributed by atoms with Crippen LogP contribution in [0, 0.1) is 6.92 Å². The molecule has 0 radical (unpaired) electrons. The summed E-state index contributed by atoms with van der Waals surface area (Å²) in [5, 5.41) is 0. The second kappa shape index (κ2) is 7.88. The lowest BCUT2D eigenvalue weighted by atomic mass is 10.2. The molecule has 1 saturated heterocycles. The van der Waals surface area contributed by atoms with Gasteiger partial charge in [-0.1, -0.05) is 15.9 Å². The van der Waals surface area contributed by atoms with Crippen LogP contribution in [0.25, 0.3) is 0 Å². The van der Waals surface area contributed by atoms with Crippen molar-refractivity contribution in [1.29, 1.82) is 0 Å². The Morgan fingerprint density at radius 2 is 1.91 bits per heavy atom. The number of piperazine rings is 1. The van der Waals surface area contributed by atoms with E-state index in [1.165, 1.54) is 0 Å². The van der Waals surface area contributed by atoms with Gasteiger partial charge in [-0.05, 0) is 50.7 Å². The molecule has 0 amide bonds. The maximum atomic E-state index is 12.2. The summed E-state index contributed by atoms with van der Waals surface area (Å²) in [6.45, 7) is 7.61. The maximum Gasteiger partial charge on any atom is 0.240 e. The van der Waals surface area contributed by atoms with Crippen molar-refractivity contribution >= 4 is 26.0 Å². The van der Waals surface area contributed by atoms with Crippen molar-refractivity contribution in [3.05, 3.63) is 28.2 Å². The van der Waals surface area contributed by atoms with Crippen LogP contribution in [0.1, 0.15) is 12.0 Å². The third kappa shape index (κ3) is 5.03. The zero-order valence-electron chi connectivity index (χ0n) is 13.2. The van der Waals surface area contributed by atoms with E-state index < -0.39 is 10.0 Å². The highest BCUT2D eigenvalue weighted by Gasteiger charge is 2.16. The second-order valence-electron chi connectivity index (χ2n) is 5.81. The fourth-order valence-corrected chi connectivity index (χ4v) is 3.85. The summed E-state index contributed by atoms with van der Waals surface area (Å²) in [5.41, 5.74) is 0.917. The third-order valence-corrected chi connectivity index (χ3v) is 6.33. The first-order valence-corrected chi connectivity index (χ1v) is 9.83. The number of halogens is 1. The van der Waals surface area contributed by atoms with Crippen LogP contribution < -0.4 is 4.72 Å². The Kier molecular flexibility index (Phi) is 6.40. The van der Waals surface area contributed by atoms with E-state index in [0.717, 1.165) is 49.2 Å². The highest BCUT2D eigenvalue weighted by atomic mass is 79.9. The van der Waals surface area contributed by atoms with Crippen LogP contribution in [-0.4, -0.2) is 64.5 Å². The quantitative estimate of drug-likeness (QED) is 0.751. The Bertz CT molecular complexity index is 599. The topological polar surface area (TPSA) is 52.7 Å². The SMILES string of the molecule is Cc1cc(S(=O)(=O)NCCCN2CCN(C)CC2)ccc1Br. The lowest BCUT2D eigenvalue weighted by Crippen LogP contribution is -2.45. The number of hydrogen-bond donors (Lipinski definition) is 1. The fourth-order valence-electron chi connectivity index (χ4n) is 2.45. The Labute approximate surface area is 141 Å². The van der Waals surface area contributed by atoms with Crippen LogP contribution in [0.2, 0.25) is 0 Å². The van der Waals surface area contributed by atoms with E-state index in [4.69, 9.17) is 0 Å². The molecule has 1 N–H and O–H groups in total. The molecule has 1 heterocycles. The summed E-state index contributed by atoms with van der Waals surface area (Å²) in [6.07, 6.45) is 0.832. The zero-order valence-corrected chi connectivity index (χ0v) is 15.6. The number of rotatable bonds is 6. The molecule has 0 aliphatic carbocycles. The molecule has 1 fully saturated rings. The normalized spacial score (nSPS) is 17.8. The Morgan fingerprint density at radius 3 is 2.55 bits per heavy atom. The summed E-state index contributed by atoms with van der Waals surface area (Å²) in [4.78, 5) is 5.03. The van der Waals surface area contributed by atoms with Crippen molar-refractivity contribution in [3.63, 3.8) is 0 Å². The van der Waals surface area contributed by atoms with Crippen LogP contribution in [0.4, 0.5) is 0 Å². The molecule has 22 heavy (non-hydrogen) atoms. The number of hydrogen-bond acceptors (Lipinski definition) is 4. The molecule has 1 aromatic rings. The predicted molar refractivity (Wildman–Crippen MR) is 92.6 cm³/mol. The fraction of sp³-hybridized carbons (Fsp3) is 0.600. The first-order valence-electron chi connectivity index (χ1n) is 7.55. The van der Waals surface area contributed by atoms with E-state index in [1.807, 2.05) is 6.92 Å². The van der Waals surface area contributed by atoms with E-state index in [9.17, 15) is 8.42 Å². The van der Waals surface area contributed by atoms with Crippen LogP contribution in [0.3, 0.4) is 0 Å². The molecule has 0 unspecified atom stereocenters. The Morgan fingerprint density at radius 1 is 1.23 bits per heavy atom. The number of likely N-dealkylation sites (N-methyl/N-ethyl adjacent to an activating group) is 1.